The molecule has 31 heavy (non-hydrogen) atoms. The van der Waals surface area contributed by atoms with Gasteiger partial charge in [-0.1, -0.05) is 76.8 Å². The predicted octanol–water partition coefficient (Wildman–Crippen LogP) is 6.33. The molecule has 0 fully saturated rings. The van der Waals surface area contributed by atoms with Gasteiger partial charge >= 0.3 is 5.63 Å². The van der Waals surface area contributed by atoms with E-state index in [0.717, 1.165) is 24.1 Å². The summed E-state index contributed by atoms with van der Waals surface area (Å²) < 4.78 is 5.71. The first-order valence-electron chi connectivity index (χ1n) is 11.6. The van der Waals surface area contributed by atoms with Crippen LogP contribution in [-0.4, -0.2) is 10.0 Å². The number of unbranched alkanes of at least 4 members (excludes halogenated alkanes) is 2. The summed E-state index contributed by atoms with van der Waals surface area (Å²) >= 11 is 0. The summed E-state index contributed by atoms with van der Waals surface area (Å²) in [5, 5.41) is 11.6. The molecule has 2 aromatic carbocycles. The largest absolute Gasteiger partial charge is 0.507 e. The summed E-state index contributed by atoms with van der Waals surface area (Å²) in [5.74, 6) is 1.02. The van der Waals surface area contributed by atoms with Crippen LogP contribution in [-0.2, 0) is 19.6 Å². The number of fused-ring (bicyclic) bond motifs is 3. The first kappa shape index (κ1) is 21.6. The van der Waals surface area contributed by atoms with Gasteiger partial charge in [0.25, 0.3) is 0 Å². The molecule has 2 unspecified atom stereocenters. The molecule has 1 N–H and O–H groups in total. The van der Waals surface area contributed by atoms with Gasteiger partial charge in [0.15, 0.2) is 0 Å². The van der Waals surface area contributed by atoms with Crippen molar-refractivity contribution in [3.63, 3.8) is 0 Å². The SMILES string of the molecule is CCCCCC(C)C(C)c1cc(O)c2c3c(c(=O)oc2c1)CN(Cc1ccccc1)C3. The fourth-order valence-corrected chi connectivity index (χ4v) is 4.79. The van der Waals surface area contributed by atoms with Gasteiger partial charge in [-0.3, -0.25) is 4.90 Å². The molecule has 4 heteroatoms. The van der Waals surface area contributed by atoms with Crippen LogP contribution in [0.2, 0.25) is 0 Å². The van der Waals surface area contributed by atoms with Gasteiger partial charge in [-0.05, 0) is 40.7 Å². The van der Waals surface area contributed by atoms with E-state index in [0.29, 0.717) is 41.5 Å². The van der Waals surface area contributed by atoms with Crippen LogP contribution in [0, 0.1) is 5.92 Å². The third kappa shape index (κ3) is 4.54. The highest BCUT2D eigenvalue weighted by Crippen LogP contribution is 2.38. The third-order valence-corrected chi connectivity index (χ3v) is 6.87. The van der Waals surface area contributed by atoms with Gasteiger partial charge in [-0.2, -0.15) is 0 Å². The van der Waals surface area contributed by atoms with Crippen LogP contribution >= 0.6 is 0 Å². The maximum Gasteiger partial charge on any atom is 0.341 e. The van der Waals surface area contributed by atoms with E-state index in [9.17, 15) is 9.90 Å². The van der Waals surface area contributed by atoms with Gasteiger partial charge in [0.2, 0.25) is 0 Å². The van der Waals surface area contributed by atoms with Crippen molar-refractivity contribution in [1.82, 2.24) is 4.90 Å². The Labute approximate surface area is 184 Å². The van der Waals surface area contributed by atoms with E-state index < -0.39 is 0 Å². The number of hydrogen-bond donors (Lipinski definition) is 1. The second kappa shape index (κ2) is 9.27. The van der Waals surface area contributed by atoms with E-state index in [2.05, 4.69) is 37.8 Å². The van der Waals surface area contributed by atoms with Crippen molar-refractivity contribution in [2.45, 2.75) is 72.0 Å². The zero-order valence-electron chi connectivity index (χ0n) is 18.9. The van der Waals surface area contributed by atoms with E-state index in [1.165, 1.54) is 24.8 Å². The van der Waals surface area contributed by atoms with Crippen molar-refractivity contribution in [3.8, 4) is 5.75 Å². The molecule has 164 valence electrons. The van der Waals surface area contributed by atoms with E-state index in [-0.39, 0.29) is 11.4 Å². The predicted molar refractivity (Wildman–Crippen MR) is 125 cm³/mol. The highest BCUT2D eigenvalue weighted by atomic mass is 16.4. The molecule has 0 aliphatic carbocycles. The van der Waals surface area contributed by atoms with Crippen molar-refractivity contribution in [2.24, 2.45) is 5.92 Å². The lowest BCUT2D eigenvalue weighted by Gasteiger charge is -2.21. The standard InChI is InChI=1S/C27H33NO3/c1-4-5-7-10-18(2)19(3)21-13-24(29)26-22-16-28(15-20-11-8-6-9-12-20)17-23(22)27(30)31-25(26)14-21/h6,8-9,11-14,18-19,29H,4-5,7,10,15-17H2,1-3H3. The molecule has 0 saturated heterocycles. The maximum atomic E-state index is 12.7. The Morgan fingerprint density at radius 3 is 2.55 bits per heavy atom. The van der Waals surface area contributed by atoms with Gasteiger partial charge < -0.3 is 9.52 Å². The Hall–Kier alpha value is -2.59. The molecule has 4 rings (SSSR count). The second-order valence-corrected chi connectivity index (χ2v) is 9.15. The van der Waals surface area contributed by atoms with Crippen molar-refractivity contribution in [2.75, 3.05) is 0 Å². The summed E-state index contributed by atoms with van der Waals surface area (Å²) in [4.78, 5) is 15.0. The second-order valence-electron chi connectivity index (χ2n) is 9.15. The van der Waals surface area contributed by atoms with Gasteiger partial charge in [-0.15, -0.1) is 0 Å². The molecule has 1 aliphatic rings. The molecule has 0 saturated carbocycles. The quantitative estimate of drug-likeness (QED) is 0.342. The minimum Gasteiger partial charge on any atom is -0.507 e. The van der Waals surface area contributed by atoms with Crippen LogP contribution < -0.4 is 5.63 Å². The molecule has 0 radical (unpaired) electrons. The Morgan fingerprint density at radius 1 is 1.06 bits per heavy atom. The first-order valence-corrected chi connectivity index (χ1v) is 11.6. The summed E-state index contributed by atoms with van der Waals surface area (Å²) in [6.45, 7) is 8.64. The van der Waals surface area contributed by atoms with Crippen molar-refractivity contribution < 1.29 is 9.52 Å². The van der Waals surface area contributed by atoms with Crippen LogP contribution in [0.5, 0.6) is 5.75 Å². The van der Waals surface area contributed by atoms with Gasteiger partial charge in [0, 0.05) is 19.6 Å². The van der Waals surface area contributed by atoms with Crippen LogP contribution in [0.4, 0.5) is 0 Å². The van der Waals surface area contributed by atoms with E-state index >= 15 is 0 Å². The summed E-state index contributed by atoms with van der Waals surface area (Å²) in [6, 6.07) is 14.1. The fourth-order valence-electron chi connectivity index (χ4n) is 4.79. The number of aromatic hydroxyl groups is 1. The zero-order valence-corrected chi connectivity index (χ0v) is 18.9. The molecular formula is C27H33NO3. The highest BCUT2D eigenvalue weighted by Gasteiger charge is 2.28. The Bertz CT molecular complexity index is 1100. The normalized spacial score (nSPS) is 15.8. The van der Waals surface area contributed by atoms with E-state index in [1.54, 1.807) is 0 Å². The number of phenols is 1. The zero-order chi connectivity index (χ0) is 22.0. The Morgan fingerprint density at radius 2 is 1.81 bits per heavy atom. The molecule has 4 nitrogen and oxygen atoms in total. The highest BCUT2D eigenvalue weighted by molar-refractivity contribution is 5.88. The number of benzene rings is 2. The van der Waals surface area contributed by atoms with Crippen molar-refractivity contribution >= 4 is 11.0 Å². The minimum atomic E-state index is -0.279. The molecule has 0 spiro atoms. The van der Waals surface area contributed by atoms with E-state index in [4.69, 9.17) is 4.42 Å². The summed E-state index contributed by atoms with van der Waals surface area (Å²) in [6.07, 6.45) is 4.85. The Balaban J connectivity index is 1.62. The van der Waals surface area contributed by atoms with Crippen molar-refractivity contribution in [1.29, 1.82) is 0 Å². The molecule has 1 aliphatic heterocycles. The molecule has 2 heterocycles. The topological polar surface area (TPSA) is 53.7 Å². The van der Waals surface area contributed by atoms with Gasteiger partial charge in [0.05, 0.1) is 10.9 Å². The van der Waals surface area contributed by atoms with Crippen molar-refractivity contribution in [3.05, 3.63) is 75.1 Å². The summed E-state index contributed by atoms with van der Waals surface area (Å²) in [5.41, 5.74) is 4.06. The molecule has 0 amide bonds. The molecular weight excluding hydrogens is 386 g/mol. The lowest BCUT2D eigenvalue weighted by Crippen LogP contribution is -2.16. The molecule has 3 aromatic rings. The molecule has 2 atom stereocenters. The van der Waals surface area contributed by atoms with E-state index in [1.807, 2.05) is 30.3 Å². The lowest BCUT2D eigenvalue weighted by atomic mass is 9.85. The number of rotatable bonds is 8. The maximum absolute atomic E-state index is 12.7. The third-order valence-electron chi connectivity index (χ3n) is 6.87. The minimum absolute atomic E-state index is 0.224. The smallest absolute Gasteiger partial charge is 0.341 e. The first-order chi connectivity index (χ1) is 15.0. The Kier molecular flexibility index (Phi) is 6.47. The fraction of sp³-hybridized carbons (Fsp3) is 0.444. The van der Waals surface area contributed by atoms with Crippen LogP contribution in [0.25, 0.3) is 11.0 Å². The number of nitrogens with zero attached hydrogens (tertiary/aromatic N) is 1. The number of phenolic OH excluding ortho intramolecular Hbond substituents is 1. The summed E-state index contributed by atoms with van der Waals surface area (Å²) in [7, 11) is 0. The van der Waals surface area contributed by atoms with Gasteiger partial charge in [0.1, 0.15) is 11.3 Å². The average molecular weight is 420 g/mol. The monoisotopic (exact) mass is 419 g/mol. The number of hydrogen-bond acceptors (Lipinski definition) is 4. The van der Waals surface area contributed by atoms with Crippen LogP contribution in [0.15, 0.2) is 51.7 Å². The molecule has 0 bridgehead atoms. The molecule has 1 aromatic heterocycles. The van der Waals surface area contributed by atoms with Crippen LogP contribution in [0.3, 0.4) is 0 Å². The van der Waals surface area contributed by atoms with Crippen LogP contribution in [0.1, 0.15) is 74.6 Å². The average Bonchev–Trinajstić information content (AvgIpc) is 3.17. The lowest BCUT2D eigenvalue weighted by molar-refractivity contribution is 0.274. The van der Waals surface area contributed by atoms with Gasteiger partial charge in [-0.25, -0.2) is 4.79 Å².